The maximum absolute atomic E-state index is 10.8. The Hall–Kier alpha value is -2.42. The van der Waals surface area contributed by atoms with E-state index in [1.165, 1.54) is 11.3 Å². The van der Waals surface area contributed by atoms with E-state index in [4.69, 9.17) is 15.1 Å². The molecule has 2 aliphatic rings. The average Bonchev–Trinajstić information content (AvgIpc) is 3.34. The molecule has 4 rings (SSSR count). The van der Waals surface area contributed by atoms with E-state index in [0.717, 1.165) is 62.7 Å². The minimum Gasteiger partial charge on any atom is -0.509 e. The number of likely N-dealkylation sites (N-methyl/N-ethyl adjacent to an activating group) is 1. The second kappa shape index (κ2) is 9.38. The summed E-state index contributed by atoms with van der Waals surface area (Å²) in [6, 6.07) is 7.58. The zero-order chi connectivity index (χ0) is 22.0. The normalized spacial score (nSPS) is 20.7. The highest BCUT2D eigenvalue weighted by molar-refractivity contribution is 7.11. The summed E-state index contributed by atoms with van der Waals surface area (Å²) >= 11 is 1.46. The Labute approximate surface area is 188 Å². The third-order valence-electron chi connectivity index (χ3n) is 6.20. The molecule has 1 saturated heterocycles. The lowest BCUT2D eigenvalue weighted by Gasteiger charge is -2.33. The van der Waals surface area contributed by atoms with Gasteiger partial charge in [-0.1, -0.05) is 12.1 Å². The number of ether oxygens (including phenoxy) is 1. The molecule has 0 amide bonds. The molecular weight excluding hydrogens is 410 g/mol. The Kier molecular flexibility index (Phi) is 6.60. The monoisotopic (exact) mass is 441 g/mol. The number of aliphatic hydroxyl groups excluding tert-OH is 1. The number of thiazole rings is 1. The first-order valence-electron chi connectivity index (χ1n) is 10.8. The summed E-state index contributed by atoms with van der Waals surface area (Å²) in [7, 11) is 3.81. The van der Waals surface area contributed by atoms with Gasteiger partial charge < -0.3 is 24.5 Å². The van der Waals surface area contributed by atoms with Crippen molar-refractivity contribution in [2.24, 2.45) is 0 Å². The Balaban J connectivity index is 1.42. The predicted octanol–water partition coefficient (Wildman–Crippen LogP) is 3.41. The van der Waals surface area contributed by atoms with Crippen molar-refractivity contribution in [3.05, 3.63) is 40.4 Å². The quantitative estimate of drug-likeness (QED) is 0.686. The van der Waals surface area contributed by atoms with Crippen LogP contribution in [0, 0.1) is 5.41 Å². The summed E-state index contributed by atoms with van der Waals surface area (Å²) in [6.45, 7) is 8.17. The number of hydrogen-bond acceptors (Lipinski definition) is 7. The van der Waals surface area contributed by atoms with Crippen LogP contribution < -0.4 is 4.74 Å². The molecule has 1 fully saturated rings. The lowest BCUT2D eigenvalue weighted by atomic mass is 10.1. The van der Waals surface area contributed by atoms with Crippen molar-refractivity contribution < 1.29 is 9.84 Å². The number of nitrogens with one attached hydrogen (secondary N) is 1. The van der Waals surface area contributed by atoms with Gasteiger partial charge in [0, 0.05) is 43.7 Å². The average molecular weight is 442 g/mol. The zero-order valence-electron chi connectivity index (χ0n) is 18.5. The van der Waals surface area contributed by atoms with Gasteiger partial charge in [0.25, 0.3) is 0 Å². The lowest BCUT2D eigenvalue weighted by Crippen LogP contribution is -2.45. The molecule has 0 spiro atoms. The molecule has 2 aliphatic heterocycles. The van der Waals surface area contributed by atoms with Crippen LogP contribution in [0.3, 0.4) is 0 Å². The number of piperazine rings is 1. The van der Waals surface area contributed by atoms with E-state index < -0.39 is 0 Å². The minimum absolute atomic E-state index is 0.195. The summed E-state index contributed by atoms with van der Waals surface area (Å²) in [5, 5.41) is 22.2. The second-order valence-electron chi connectivity index (χ2n) is 8.25. The van der Waals surface area contributed by atoms with Gasteiger partial charge in [-0.25, -0.2) is 4.98 Å². The van der Waals surface area contributed by atoms with Crippen LogP contribution in [0.5, 0.6) is 5.75 Å². The Bertz CT molecular complexity index is 964. The Morgan fingerprint density at radius 1 is 1.23 bits per heavy atom. The predicted molar refractivity (Wildman–Crippen MR) is 126 cm³/mol. The molecule has 0 saturated carbocycles. The molecule has 0 aliphatic carbocycles. The van der Waals surface area contributed by atoms with Gasteiger partial charge in [-0.3, -0.25) is 5.41 Å². The number of rotatable bonds is 7. The first kappa shape index (κ1) is 21.8. The van der Waals surface area contributed by atoms with E-state index in [1.807, 2.05) is 41.5 Å². The lowest BCUT2D eigenvalue weighted by molar-refractivity contribution is 0.148. The summed E-state index contributed by atoms with van der Waals surface area (Å²) in [5.74, 6) is 1.40. The summed E-state index contributed by atoms with van der Waals surface area (Å²) in [6.07, 6.45) is 0.976. The third kappa shape index (κ3) is 4.61. The Morgan fingerprint density at radius 3 is 2.74 bits per heavy atom. The molecule has 0 bridgehead atoms. The molecule has 2 N–H and O–H groups in total. The first-order chi connectivity index (χ1) is 15.0. The van der Waals surface area contributed by atoms with Crippen LogP contribution in [0.25, 0.3) is 16.8 Å². The molecule has 2 aromatic rings. The largest absolute Gasteiger partial charge is 0.509 e. The van der Waals surface area contributed by atoms with E-state index in [0.29, 0.717) is 16.4 Å². The number of benzene rings is 1. The van der Waals surface area contributed by atoms with Crippen molar-refractivity contribution >= 4 is 22.7 Å². The number of nitrogens with zero attached hydrogens (tertiary/aromatic N) is 4. The van der Waals surface area contributed by atoms with Crippen LogP contribution in [0.1, 0.15) is 18.4 Å². The van der Waals surface area contributed by atoms with Crippen LogP contribution in [-0.2, 0) is 0 Å². The second-order valence-corrected chi connectivity index (χ2v) is 9.10. The third-order valence-corrected chi connectivity index (χ3v) is 7.06. The van der Waals surface area contributed by atoms with Gasteiger partial charge in [-0.2, -0.15) is 0 Å². The number of methoxy groups -OCH3 is 1. The molecule has 31 heavy (non-hydrogen) atoms. The van der Waals surface area contributed by atoms with E-state index in [1.54, 1.807) is 7.11 Å². The standard InChI is InChI=1S/C23H31N5O2S/c1-16-21(29)20(22(24)28(16)9-5-8-27-12-10-26(2)11-13-27)23-25-19(15-31-23)17-6-4-7-18(14-17)30-3/h4,6-7,14-16,24,29H,5,8-13H2,1-3H3. The molecule has 1 aromatic carbocycles. The number of amidine groups is 1. The topological polar surface area (TPSA) is 75.9 Å². The van der Waals surface area contributed by atoms with Gasteiger partial charge in [-0.05, 0) is 39.1 Å². The van der Waals surface area contributed by atoms with E-state index in [2.05, 4.69) is 16.8 Å². The van der Waals surface area contributed by atoms with Gasteiger partial charge in [-0.15, -0.1) is 11.3 Å². The van der Waals surface area contributed by atoms with E-state index >= 15 is 0 Å². The molecule has 1 atom stereocenters. The van der Waals surface area contributed by atoms with Crippen molar-refractivity contribution in [2.75, 3.05) is 53.4 Å². The van der Waals surface area contributed by atoms with Crippen LogP contribution in [0.4, 0.5) is 0 Å². The van der Waals surface area contributed by atoms with Crippen LogP contribution >= 0.6 is 11.3 Å². The minimum atomic E-state index is -0.195. The number of aliphatic hydroxyl groups is 1. The number of hydrogen-bond donors (Lipinski definition) is 2. The molecule has 7 nitrogen and oxygen atoms in total. The zero-order valence-corrected chi connectivity index (χ0v) is 19.3. The smallest absolute Gasteiger partial charge is 0.135 e. The van der Waals surface area contributed by atoms with Gasteiger partial charge in [0.05, 0.1) is 24.4 Å². The van der Waals surface area contributed by atoms with Gasteiger partial charge >= 0.3 is 0 Å². The molecule has 8 heteroatoms. The molecule has 166 valence electrons. The fourth-order valence-electron chi connectivity index (χ4n) is 4.17. The van der Waals surface area contributed by atoms with Crippen molar-refractivity contribution in [1.82, 2.24) is 19.7 Å². The molecular formula is C23H31N5O2S. The molecule has 0 radical (unpaired) electrons. The summed E-state index contributed by atoms with van der Waals surface area (Å²) in [4.78, 5) is 11.6. The van der Waals surface area contributed by atoms with Gasteiger partial charge in [0.1, 0.15) is 22.4 Å². The summed E-state index contributed by atoms with van der Waals surface area (Å²) in [5.41, 5.74) is 2.35. The van der Waals surface area contributed by atoms with Gasteiger partial charge in [0.2, 0.25) is 0 Å². The Morgan fingerprint density at radius 2 is 2.00 bits per heavy atom. The SMILES string of the molecule is COc1cccc(-c2csc(C3=C(O)C(C)N(CCCN4CCN(C)CC4)C3=N)n2)c1. The van der Waals surface area contributed by atoms with Crippen molar-refractivity contribution in [3.8, 4) is 17.0 Å². The molecule has 3 heterocycles. The van der Waals surface area contributed by atoms with Crippen molar-refractivity contribution in [3.63, 3.8) is 0 Å². The molecule has 1 aromatic heterocycles. The maximum Gasteiger partial charge on any atom is 0.135 e. The first-order valence-corrected chi connectivity index (χ1v) is 11.7. The summed E-state index contributed by atoms with van der Waals surface area (Å²) < 4.78 is 5.31. The highest BCUT2D eigenvalue weighted by atomic mass is 32.1. The van der Waals surface area contributed by atoms with Crippen LogP contribution in [0.15, 0.2) is 35.4 Å². The van der Waals surface area contributed by atoms with Crippen LogP contribution in [-0.4, -0.2) is 90.1 Å². The van der Waals surface area contributed by atoms with E-state index in [-0.39, 0.29) is 11.8 Å². The van der Waals surface area contributed by atoms with E-state index in [9.17, 15) is 5.11 Å². The van der Waals surface area contributed by atoms with Crippen LogP contribution in [0.2, 0.25) is 0 Å². The fraction of sp³-hybridized carbons (Fsp3) is 0.478. The van der Waals surface area contributed by atoms with Gasteiger partial charge in [0.15, 0.2) is 0 Å². The highest BCUT2D eigenvalue weighted by Crippen LogP contribution is 2.35. The highest BCUT2D eigenvalue weighted by Gasteiger charge is 2.36. The maximum atomic E-state index is 10.8. The van der Waals surface area contributed by atoms with Crippen molar-refractivity contribution in [1.29, 1.82) is 5.41 Å². The fourth-order valence-corrected chi connectivity index (χ4v) is 5.05. The number of aromatic nitrogens is 1. The van der Waals surface area contributed by atoms with Crippen molar-refractivity contribution in [2.45, 2.75) is 19.4 Å². The molecule has 1 unspecified atom stereocenters.